The van der Waals surface area contributed by atoms with Crippen molar-refractivity contribution in [3.05, 3.63) is 149 Å². The number of hydrogen-bond acceptors (Lipinski definition) is 1. The van der Waals surface area contributed by atoms with Gasteiger partial charge in [0.25, 0.3) is 0 Å². The molecule has 0 radical (unpaired) electrons. The second kappa shape index (κ2) is 10.6. The molecule has 0 atom stereocenters. The zero-order valence-electron chi connectivity index (χ0n) is 25.9. The van der Waals surface area contributed by atoms with Crippen molar-refractivity contribution in [2.24, 2.45) is 0 Å². The van der Waals surface area contributed by atoms with E-state index in [9.17, 15) is 18.4 Å². The van der Waals surface area contributed by atoms with Crippen LogP contribution in [0.15, 0.2) is 115 Å². The van der Waals surface area contributed by atoms with Crippen molar-refractivity contribution >= 4 is 49.3 Å². The van der Waals surface area contributed by atoms with E-state index in [-0.39, 0.29) is 28.1 Å². The molecule has 6 aromatic carbocycles. The van der Waals surface area contributed by atoms with Gasteiger partial charge in [-0.05, 0) is 60.9 Å². The van der Waals surface area contributed by atoms with Gasteiger partial charge in [0.15, 0.2) is 5.69 Å². The van der Waals surface area contributed by atoms with Gasteiger partial charge in [0.05, 0.1) is 45.6 Å². The molecule has 0 spiro atoms. The molecule has 0 unspecified atom stereocenters. The zero-order valence-corrected chi connectivity index (χ0v) is 25.9. The van der Waals surface area contributed by atoms with Crippen molar-refractivity contribution < 1.29 is 13.2 Å². The van der Waals surface area contributed by atoms with Crippen LogP contribution in [-0.2, 0) is 6.18 Å². The molecule has 0 amide bonds. The van der Waals surface area contributed by atoms with Gasteiger partial charge in [0.1, 0.15) is 11.6 Å². The molecular weight excluding hydrogens is 605 g/mol. The van der Waals surface area contributed by atoms with Crippen LogP contribution in [0.5, 0.6) is 0 Å². The van der Waals surface area contributed by atoms with Crippen LogP contribution in [0, 0.1) is 31.8 Å². The summed E-state index contributed by atoms with van der Waals surface area (Å²) in [5.41, 5.74) is 5.11. The number of benzene rings is 6. The fourth-order valence-electron chi connectivity index (χ4n) is 7.36. The first-order valence-corrected chi connectivity index (χ1v) is 15.4. The molecule has 0 fully saturated rings. The predicted molar refractivity (Wildman–Crippen MR) is 186 cm³/mol. The van der Waals surface area contributed by atoms with Crippen molar-refractivity contribution in [3.63, 3.8) is 0 Å². The molecule has 48 heavy (non-hydrogen) atoms. The number of alkyl halides is 3. The molecule has 0 saturated heterocycles. The molecule has 0 aliphatic carbocycles. The third-order valence-corrected chi connectivity index (χ3v) is 9.28. The molecule has 0 aliphatic rings. The van der Waals surface area contributed by atoms with E-state index in [0.717, 1.165) is 60.8 Å². The molecule has 2 heterocycles. The topological polar surface area (TPSA) is 38.0 Å². The average Bonchev–Trinajstić information content (AvgIpc) is 3.61. The Morgan fingerprint density at radius 1 is 0.646 bits per heavy atom. The Morgan fingerprint density at radius 2 is 1.19 bits per heavy atom. The van der Waals surface area contributed by atoms with E-state index in [0.29, 0.717) is 5.69 Å². The fraction of sp³-hybridized carbons (Fsp3) is 0.0732. The Hall–Kier alpha value is -6.31. The van der Waals surface area contributed by atoms with Crippen LogP contribution in [0.4, 0.5) is 18.9 Å². The number of fused-ring (bicyclic) bond motifs is 6. The summed E-state index contributed by atoms with van der Waals surface area (Å²) in [6.45, 7) is 11.9. The van der Waals surface area contributed by atoms with Crippen LogP contribution in [0.1, 0.15) is 22.3 Å². The van der Waals surface area contributed by atoms with E-state index in [1.54, 1.807) is 12.1 Å². The SMILES string of the molecule is [C-]#[N+]c1cccc(C(F)(F)F)c1-c1ccc(-n2c3ccccc3c3c(C)cccc32)c(C#N)c1-n1c2ccccc2c2c(C)cccc21. The molecule has 8 rings (SSSR count). The lowest BCUT2D eigenvalue weighted by Gasteiger charge is -2.22. The van der Waals surface area contributed by atoms with Gasteiger partial charge in [-0.15, -0.1) is 0 Å². The number of para-hydroxylation sites is 2. The van der Waals surface area contributed by atoms with Gasteiger partial charge in [0.2, 0.25) is 0 Å². The first kappa shape index (κ1) is 29.1. The molecule has 0 bridgehead atoms. The molecule has 8 aromatic rings. The van der Waals surface area contributed by atoms with E-state index in [1.165, 1.54) is 12.1 Å². The van der Waals surface area contributed by atoms with Crippen LogP contribution in [-0.4, -0.2) is 9.13 Å². The van der Waals surface area contributed by atoms with Gasteiger partial charge >= 0.3 is 6.18 Å². The Bertz CT molecular complexity index is 2710. The monoisotopic (exact) mass is 630 g/mol. The zero-order chi connectivity index (χ0) is 33.3. The Balaban J connectivity index is 1.63. The number of nitriles is 1. The van der Waals surface area contributed by atoms with Crippen molar-refractivity contribution in [3.8, 4) is 28.6 Å². The maximum atomic E-state index is 14.8. The van der Waals surface area contributed by atoms with Crippen LogP contribution in [0.3, 0.4) is 0 Å². The first-order valence-electron chi connectivity index (χ1n) is 15.4. The smallest absolute Gasteiger partial charge is 0.308 e. The molecule has 230 valence electrons. The number of halogens is 3. The van der Waals surface area contributed by atoms with Crippen LogP contribution >= 0.6 is 0 Å². The van der Waals surface area contributed by atoms with Crippen LogP contribution < -0.4 is 0 Å². The number of nitrogens with zero attached hydrogens (tertiary/aromatic N) is 4. The van der Waals surface area contributed by atoms with E-state index >= 15 is 0 Å². The van der Waals surface area contributed by atoms with Gasteiger partial charge in [0, 0.05) is 27.1 Å². The Labute approximate surface area is 273 Å². The first-order chi connectivity index (χ1) is 23.2. The van der Waals surface area contributed by atoms with E-state index in [2.05, 4.69) is 10.9 Å². The lowest BCUT2D eigenvalue weighted by molar-refractivity contribution is -0.137. The molecule has 0 N–H and O–H groups in total. The highest BCUT2D eigenvalue weighted by Crippen LogP contribution is 2.48. The normalized spacial score (nSPS) is 11.8. The molecule has 7 heteroatoms. The molecular formula is C41H25F3N4. The van der Waals surface area contributed by atoms with Crippen molar-refractivity contribution in [2.75, 3.05) is 0 Å². The van der Waals surface area contributed by atoms with Crippen molar-refractivity contribution in [1.82, 2.24) is 9.13 Å². The highest BCUT2D eigenvalue weighted by molar-refractivity contribution is 6.13. The largest absolute Gasteiger partial charge is 0.415 e. The van der Waals surface area contributed by atoms with Crippen LogP contribution in [0.2, 0.25) is 0 Å². The molecule has 2 aromatic heterocycles. The average molecular weight is 631 g/mol. The van der Waals surface area contributed by atoms with Gasteiger partial charge in [-0.1, -0.05) is 84.9 Å². The lowest BCUT2D eigenvalue weighted by atomic mass is 9.92. The predicted octanol–water partition coefficient (Wildman–Crippen LogP) is 11.6. The molecule has 4 nitrogen and oxygen atoms in total. The number of rotatable bonds is 3. The van der Waals surface area contributed by atoms with E-state index in [4.69, 9.17) is 6.57 Å². The maximum Gasteiger partial charge on any atom is 0.415 e. The lowest BCUT2D eigenvalue weighted by Crippen LogP contribution is -2.10. The Morgan fingerprint density at radius 3 is 1.77 bits per heavy atom. The standard InChI is InChI=1S/C41H25F3N4/c1-24-11-8-19-35-37(24)26-13-4-6-17-32(26)47(35)34-22-21-28(39-30(41(42,43)44)15-10-16-31(39)46-3)40(29(34)23-45)48-33-18-7-5-14-27(33)38-25(2)12-9-20-36(38)48/h4-22H,1-2H3. The minimum atomic E-state index is -4.75. The summed E-state index contributed by atoms with van der Waals surface area (Å²) in [6, 6.07) is 36.9. The number of aryl methyl sites for hydroxylation is 2. The second-order valence-corrected chi connectivity index (χ2v) is 11.9. The van der Waals surface area contributed by atoms with Crippen molar-refractivity contribution in [1.29, 1.82) is 5.26 Å². The second-order valence-electron chi connectivity index (χ2n) is 11.9. The maximum absolute atomic E-state index is 14.8. The minimum Gasteiger partial charge on any atom is -0.308 e. The van der Waals surface area contributed by atoms with E-state index in [1.807, 2.05) is 108 Å². The number of aromatic nitrogens is 2. The highest BCUT2D eigenvalue weighted by Gasteiger charge is 2.36. The van der Waals surface area contributed by atoms with Crippen molar-refractivity contribution in [2.45, 2.75) is 20.0 Å². The summed E-state index contributed by atoms with van der Waals surface area (Å²) in [4.78, 5) is 3.55. The highest BCUT2D eigenvalue weighted by atomic mass is 19.4. The third-order valence-electron chi connectivity index (χ3n) is 9.28. The van der Waals surface area contributed by atoms with Gasteiger partial charge in [-0.25, -0.2) is 4.85 Å². The summed E-state index contributed by atoms with van der Waals surface area (Å²) in [5.74, 6) is 0. The fourth-order valence-corrected chi connectivity index (χ4v) is 7.36. The minimum absolute atomic E-state index is 0.146. The molecule has 0 saturated carbocycles. The van der Waals surface area contributed by atoms with Gasteiger partial charge in [-0.2, -0.15) is 18.4 Å². The quantitative estimate of drug-likeness (QED) is 0.179. The van der Waals surface area contributed by atoms with E-state index < -0.39 is 11.7 Å². The summed E-state index contributed by atoms with van der Waals surface area (Å²) < 4.78 is 48.2. The summed E-state index contributed by atoms with van der Waals surface area (Å²) in [5, 5.41) is 15.1. The van der Waals surface area contributed by atoms with Gasteiger partial charge in [-0.3, -0.25) is 0 Å². The van der Waals surface area contributed by atoms with Crippen LogP contribution in [0.25, 0.3) is 71.0 Å². The summed E-state index contributed by atoms with van der Waals surface area (Å²) in [7, 11) is 0. The number of hydrogen-bond donors (Lipinski definition) is 0. The third kappa shape index (κ3) is 4.08. The Kier molecular flexibility index (Phi) is 6.44. The summed E-state index contributed by atoms with van der Waals surface area (Å²) in [6.07, 6.45) is -4.75. The molecule has 0 aliphatic heterocycles. The summed E-state index contributed by atoms with van der Waals surface area (Å²) >= 11 is 0. The van der Waals surface area contributed by atoms with Gasteiger partial charge < -0.3 is 9.13 Å².